The number of hydrogen-bond acceptors (Lipinski definition) is 8. The van der Waals surface area contributed by atoms with Crippen LogP contribution in [0.2, 0.25) is 0 Å². The van der Waals surface area contributed by atoms with Crippen LogP contribution in [0.4, 0.5) is 10.6 Å². The maximum absolute atomic E-state index is 12.8. The van der Waals surface area contributed by atoms with Crippen LogP contribution in [0.5, 0.6) is 11.5 Å². The lowest BCUT2D eigenvalue weighted by Crippen LogP contribution is -2.27. The molecule has 0 radical (unpaired) electrons. The highest BCUT2D eigenvalue weighted by Crippen LogP contribution is 2.32. The zero-order valence-corrected chi connectivity index (χ0v) is 21.7. The van der Waals surface area contributed by atoms with E-state index in [0.29, 0.717) is 40.5 Å². The minimum atomic E-state index is -1.01. The molecule has 2 N–H and O–H groups in total. The zero-order valence-electron chi connectivity index (χ0n) is 21.7. The standard InChI is InChI=1S/C27H32N4O6/c1-6-36-15-22-29-23-24(31(22)16-27(2,3)33)20-9-7-8-10-21(20)28-25(23)30-26(32)37-14-17-11-18(34-4)13-19(12-17)35-5/h7-13,33H,6,14-16H2,1-5H3,(H,28,30,32). The number of nitrogens with zero attached hydrogens (tertiary/aromatic N) is 3. The van der Waals surface area contributed by atoms with Gasteiger partial charge in [0.25, 0.3) is 0 Å². The van der Waals surface area contributed by atoms with E-state index >= 15 is 0 Å². The predicted octanol–water partition coefficient (Wildman–Crippen LogP) is 4.66. The van der Waals surface area contributed by atoms with Crippen LogP contribution in [0.3, 0.4) is 0 Å². The van der Waals surface area contributed by atoms with Gasteiger partial charge in [0.1, 0.15) is 36.1 Å². The first-order valence-electron chi connectivity index (χ1n) is 12.0. The molecule has 0 saturated carbocycles. The van der Waals surface area contributed by atoms with Crippen molar-refractivity contribution in [3.63, 3.8) is 0 Å². The second-order valence-electron chi connectivity index (χ2n) is 9.16. The Labute approximate surface area is 215 Å². The number of para-hydroxylation sites is 1. The van der Waals surface area contributed by atoms with Gasteiger partial charge in [-0.2, -0.15) is 0 Å². The van der Waals surface area contributed by atoms with Gasteiger partial charge < -0.3 is 28.6 Å². The number of rotatable bonds is 10. The Balaban J connectivity index is 1.70. The average molecular weight is 509 g/mol. The van der Waals surface area contributed by atoms with Crippen molar-refractivity contribution in [2.24, 2.45) is 0 Å². The van der Waals surface area contributed by atoms with Gasteiger partial charge in [0.15, 0.2) is 5.82 Å². The topological polar surface area (TPSA) is 117 Å². The lowest BCUT2D eigenvalue weighted by molar-refractivity contribution is 0.0582. The van der Waals surface area contributed by atoms with Gasteiger partial charge in [-0.05, 0) is 44.5 Å². The van der Waals surface area contributed by atoms with Gasteiger partial charge in [-0.25, -0.2) is 14.8 Å². The first-order valence-corrected chi connectivity index (χ1v) is 12.0. The fourth-order valence-electron chi connectivity index (χ4n) is 4.06. The lowest BCUT2D eigenvalue weighted by atomic mass is 10.1. The highest BCUT2D eigenvalue weighted by molar-refractivity contribution is 6.09. The molecule has 0 spiro atoms. The van der Waals surface area contributed by atoms with E-state index in [-0.39, 0.29) is 25.6 Å². The average Bonchev–Trinajstić information content (AvgIpc) is 3.23. The van der Waals surface area contributed by atoms with Gasteiger partial charge in [-0.15, -0.1) is 0 Å². The number of carbonyl (C=O) groups excluding carboxylic acids is 1. The molecule has 4 rings (SSSR count). The summed E-state index contributed by atoms with van der Waals surface area (Å²) in [5, 5.41) is 14.2. The van der Waals surface area contributed by atoms with Crippen molar-refractivity contribution in [3.05, 3.63) is 53.9 Å². The number of ether oxygens (including phenoxy) is 4. The van der Waals surface area contributed by atoms with E-state index in [9.17, 15) is 9.90 Å². The molecule has 0 unspecified atom stereocenters. The normalized spacial score (nSPS) is 11.6. The SMILES string of the molecule is CCOCc1nc2c(NC(=O)OCc3cc(OC)cc(OC)c3)nc3ccccc3c2n1CC(C)(C)O. The van der Waals surface area contributed by atoms with Crippen molar-refractivity contribution < 1.29 is 28.8 Å². The molecule has 37 heavy (non-hydrogen) atoms. The summed E-state index contributed by atoms with van der Waals surface area (Å²) in [6, 6.07) is 12.9. The highest BCUT2D eigenvalue weighted by atomic mass is 16.5. The van der Waals surface area contributed by atoms with Gasteiger partial charge >= 0.3 is 6.09 Å². The minimum Gasteiger partial charge on any atom is -0.497 e. The lowest BCUT2D eigenvalue weighted by Gasteiger charge is -2.20. The van der Waals surface area contributed by atoms with Crippen LogP contribution >= 0.6 is 0 Å². The number of benzene rings is 2. The van der Waals surface area contributed by atoms with E-state index in [1.165, 1.54) is 0 Å². The fourth-order valence-corrected chi connectivity index (χ4v) is 4.06. The van der Waals surface area contributed by atoms with Crippen LogP contribution in [0.15, 0.2) is 42.5 Å². The van der Waals surface area contributed by atoms with E-state index in [2.05, 4.69) is 10.3 Å². The highest BCUT2D eigenvalue weighted by Gasteiger charge is 2.24. The van der Waals surface area contributed by atoms with Crippen molar-refractivity contribution >= 4 is 33.8 Å². The molecule has 4 aromatic rings. The molecule has 0 fully saturated rings. The predicted molar refractivity (Wildman–Crippen MR) is 140 cm³/mol. The summed E-state index contributed by atoms with van der Waals surface area (Å²) in [5.41, 5.74) is 1.59. The van der Waals surface area contributed by atoms with Crippen LogP contribution in [0, 0.1) is 0 Å². The molecule has 196 valence electrons. The summed E-state index contributed by atoms with van der Waals surface area (Å²) >= 11 is 0. The van der Waals surface area contributed by atoms with Crippen LogP contribution in [-0.4, -0.2) is 52.2 Å². The number of imidazole rings is 1. The van der Waals surface area contributed by atoms with E-state index < -0.39 is 11.7 Å². The molecule has 0 saturated heterocycles. The van der Waals surface area contributed by atoms with Crippen molar-refractivity contribution in [1.29, 1.82) is 0 Å². The molecule has 0 aliphatic heterocycles. The largest absolute Gasteiger partial charge is 0.497 e. The Morgan fingerprint density at radius 1 is 1.05 bits per heavy atom. The number of amides is 1. The third kappa shape index (κ3) is 6.10. The Bertz CT molecular complexity index is 1390. The maximum atomic E-state index is 12.8. The van der Waals surface area contributed by atoms with Gasteiger partial charge in [0.05, 0.1) is 37.4 Å². The molecule has 2 heterocycles. The van der Waals surface area contributed by atoms with Crippen LogP contribution < -0.4 is 14.8 Å². The molecule has 0 aliphatic rings. The van der Waals surface area contributed by atoms with Gasteiger partial charge in [0.2, 0.25) is 0 Å². The number of methoxy groups -OCH3 is 2. The molecule has 0 aliphatic carbocycles. The monoisotopic (exact) mass is 508 g/mol. The molecule has 0 atom stereocenters. The molecule has 2 aromatic heterocycles. The first kappa shape index (κ1) is 26.2. The minimum absolute atomic E-state index is 0.00114. The third-order valence-electron chi connectivity index (χ3n) is 5.64. The first-order chi connectivity index (χ1) is 17.7. The van der Waals surface area contributed by atoms with Crippen molar-refractivity contribution in [3.8, 4) is 11.5 Å². The maximum Gasteiger partial charge on any atom is 0.413 e. The van der Waals surface area contributed by atoms with Gasteiger partial charge in [-0.3, -0.25) is 5.32 Å². The van der Waals surface area contributed by atoms with E-state index in [0.717, 1.165) is 10.9 Å². The Hall–Kier alpha value is -3.89. The molecule has 2 aromatic carbocycles. The number of nitrogens with one attached hydrogen (secondary N) is 1. The summed E-state index contributed by atoms with van der Waals surface area (Å²) < 4.78 is 23.6. The molecule has 0 bridgehead atoms. The number of pyridine rings is 1. The van der Waals surface area contributed by atoms with Crippen LogP contribution in [0.25, 0.3) is 21.9 Å². The van der Waals surface area contributed by atoms with Crippen molar-refractivity contribution in [2.45, 2.75) is 46.1 Å². The van der Waals surface area contributed by atoms with E-state index in [4.69, 9.17) is 23.9 Å². The summed E-state index contributed by atoms with van der Waals surface area (Å²) in [6.07, 6.45) is -0.686. The number of aliphatic hydroxyl groups is 1. The van der Waals surface area contributed by atoms with Crippen molar-refractivity contribution in [1.82, 2.24) is 14.5 Å². The fraction of sp³-hybridized carbons (Fsp3) is 0.370. The molecular formula is C27H32N4O6. The van der Waals surface area contributed by atoms with Crippen LogP contribution in [-0.2, 0) is 29.2 Å². The van der Waals surface area contributed by atoms with Gasteiger partial charge in [-0.1, -0.05) is 18.2 Å². The van der Waals surface area contributed by atoms with E-state index in [1.54, 1.807) is 46.3 Å². The summed E-state index contributed by atoms with van der Waals surface area (Å²) in [5.74, 6) is 2.07. The zero-order chi connectivity index (χ0) is 26.6. The number of anilines is 1. The third-order valence-corrected chi connectivity index (χ3v) is 5.64. The number of fused-ring (bicyclic) bond motifs is 3. The summed E-state index contributed by atoms with van der Waals surface area (Å²) in [4.78, 5) is 22.2. The quantitative estimate of drug-likeness (QED) is 0.318. The summed E-state index contributed by atoms with van der Waals surface area (Å²) in [7, 11) is 3.11. The Morgan fingerprint density at radius 3 is 2.41 bits per heavy atom. The molecule has 1 amide bonds. The Morgan fingerprint density at radius 2 is 1.76 bits per heavy atom. The second kappa shape index (κ2) is 11.0. The number of carbonyl (C=O) groups is 1. The molecule has 10 nitrogen and oxygen atoms in total. The van der Waals surface area contributed by atoms with Crippen LogP contribution in [0.1, 0.15) is 32.2 Å². The smallest absolute Gasteiger partial charge is 0.413 e. The van der Waals surface area contributed by atoms with Crippen molar-refractivity contribution in [2.75, 3.05) is 26.1 Å². The van der Waals surface area contributed by atoms with E-state index in [1.807, 2.05) is 35.8 Å². The Kier molecular flexibility index (Phi) is 7.80. The molecular weight excluding hydrogens is 476 g/mol. The van der Waals surface area contributed by atoms with Gasteiger partial charge in [0, 0.05) is 18.1 Å². The molecule has 10 heteroatoms. The number of hydrogen-bond donors (Lipinski definition) is 2. The number of aromatic nitrogens is 3. The second-order valence-corrected chi connectivity index (χ2v) is 9.16. The summed E-state index contributed by atoms with van der Waals surface area (Å²) in [6.45, 7) is 6.41.